The van der Waals surface area contributed by atoms with Crippen LogP contribution in [0.2, 0.25) is 0 Å². The van der Waals surface area contributed by atoms with Gasteiger partial charge in [-0.3, -0.25) is 4.79 Å². The average Bonchev–Trinajstić information content (AvgIpc) is 2.59. The Balaban J connectivity index is 2.16. The van der Waals surface area contributed by atoms with Gasteiger partial charge in [0.1, 0.15) is 0 Å². The summed E-state index contributed by atoms with van der Waals surface area (Å²) in [5.41, 5.74) is 0.752. The fourth-order valence-corrected chi connectivity index (χ4v) is 3.80. The van der Waals surface area contributed by atoms with Crippen LogP contribution in [0.3, 0.4) is 0 Å². The maximum Gasteiger partial charge on any atom is 0.337 e. The molecule has 0 aliphatic heterocycles. The number of hydrogen-bond acceptors (Lipinski definition) is 4. The van der Waals surface area contributed by atoms with Crippen molar-refractivity contribution in [2.75, 3.05) is 6.61 Å². The number of hydrogen-bond donors (Lipinski definition) is 1. The van der Waals surface area contributed by atoms with Gasteiger partial charge in [-0.2, -0.15) is 0 Å². The highest BCUT2D eigenvalue weighted by Gasteiger charge is 2.15. The second-order valence-corrected chi connectivity index (χ2v) is 6.71. The first-order valence-corrected chi connectivity index (χ1v) is 8.73. The molecule has 0 saturated heterocycles. The molecule has 0 unspecified atom stereocenters. The summed E-state index contributed by atoms with van der Waals surface area (Å²) in [4.78, 5) is 24.4. The highest BCUT2D eigenvalue weighted by atomic mass is 32.1. The molecule has 1 heterocycles. The van der Waals surface area contributed by atoms with E-state index < -0.39 is 5.97 Å². The summed E-state index contributed by atoms with van der Waals surface area (Å²) in [5, 5.41) is 10.6. The fraction of sp³-hybridized carbons (Fsp3) is 0.263. The van der Waals surface area contributed by atoms with Gasteiger partial charge in [-0.05, 0) is 36.2 Å². The second kappa shape index (κ2) is 7.11. The topological polar surface area (TPSA) is 63.6 Å². The number of carbonyl (C=O) groups is 1. The third-order valence-corrected chi connectivity index (χ3v) is 5.10. The van der Waals surface area contributed by atoms with Crippen LogP contribution in [0.4, 0.5) is 0 Å². The van der Waals surface area contributed by atoms with Gasteiger partial charge in [0.25, 0.3) is 0 Å². The first-order chi connectivity index (χ1) is 11.6. The summed E-state index contributed by atoms with van der Waals surface area (Å²) in [6, 6.07) is 10.7. The van der Waals surface area contributed by atoms with Crippen molar-refractivity contribution >= 4 is 37.5 Å². The Morgan fingerprint density at radius 2 is 2.00 bits per heavy atom. The molecule has 124 valence electrons. The lowest BCUT2D eigenvalue weighted by Crippen LogP contribution is -2.07. The Kier molecular flexibility index (Phi) is 4.92. The van der Waals surface area contributed by atoms with Crippen LogP contribution in [-0.4, -0.2) is 17.7 Å². The Labute approximate surface area is 143 Å². The number of rotatable bonds is 6. The van der Waals surface area contributed by atoms with Crippen LogP contribution >= 0.6 is 11.3 Å². The summed E-state index contributed by atoms with van der Waals surface area (Å²) in [7, 11) is 0. The molecular formula is C19H18O4S. The number of carboxylic acids is 1. The quantitative estimate of drug-likeness (QED) is 0.532. The molecule has 0 bridgehead atoms. The lowest BCUT2D eigenvalue weighted by Gasteiger charge is -2.09. The van der Waals surface area contributed by atoms with Crippen molar-refractivity contribution < 1.29 is 14.6 Å². The molecule has 3 aromatic rings. The average molecular weight is 342 g/mol. The number of benzene rings is 2. The second-order valence-electron chi connectivity index (χ2n) is 5.66. The van der Waals surface area contributed by atoms with E-state index >= 15 is 0 Å². The maximum absolute atomic E-state index is 12.8. The van der Waals surface area contributed by atoms with E-state index in [-0.39, 0.29) is 11.0 Å². The number of aromatic carboxylic acids is 1. The summed E-state index contributed by atoms with van der Waals surface area (Å²) in [5.74, 6) is -1.03. The zero-order chi connectivity index (χ0) is 17.1. The van der Waals surface area contributed by atoms with Gasteiger partial charge in [-0.25, -0.2) is 4.79 Å². The lowest BCUT2D eigenvalue weighted by atomic mass is 10.1. The van der Waals surface area contributed by atoms with Gasteiger partial charge in [0.15, 0.2) is 5.43 Å². The summed E-state index contributed by atoms with van der Waals surface area (Å²) >= 11 is 1.34. The molecule has 0 aliphatic carbocycles. The van der Waals surface area contributed by atoms with E-state index in [1.807, 2.05) is 18.2 Å². The van der Waals surface area contributed by atoms with Gasteiger partial charge in [0.05, 0.1) is 16.9 Å². The van der Waals surface area contributed by atoms with Crippen LogP contribution in [0.25, 0.3) is 20.2 Å². The number of fused-ring (bicyclic) bond motifs is 2. The highest BCUT2D eigenvalue weighted by Crippen LogP contribution is 2.29. The molecule has 4 nitrogen and oxygen atoms in total. The number of carboxylic acid groups (broad SMARTS) is 1. The standard InChI is InChI=1S/C19H18O4S/c1-2-3-8-23-11-12-9-14-17(20)13-6-4-5-7-16(13)24-18(14)15(10-12)19(21)22/h4-7,9-10H,2-3,8,11H2,1H3,(H,21,22). The fourth-order valence-electron chi connectivity index (χ4n) is 2.64. The van der Waals surface area contributed by atoms with Gasteiger partial charge in [-0.1, -0.05) is 25.5 Å². The van der Waals surface area contributed by atoms with Crippen LogP contribution in [0.1, 0.15) is 35.7 Å². The van der Waals surface area contributed by atoms with Gasteiger partial charge in [-0.15, -0.1) is 11.3 Å². The highest BCUT2D eigenvalue weighted by molar-refractivity contribution is 7.24. The van der Waals surface area contributed by atoms with E-state index in [4.69, 9.17) is 4.74 Å². The van der Waals surface area contributed by atoms with Crippen molar-refractivity contribution in [1.82, 2.24) is 0 Å². The largest absolute Gasteiger partial charge is 0.478 e. The maximum atomic E-state index is 12.8. The third kappa shape index (κ3) is 3.18. The van der Waals surface area contributed by atoms with Crippen molar-refractivity contribution in [1.29, 1.82) is 0 Å². The molecule has 0 amide bonds. The molecule has 24 heavy (non-hydrogen) atoms. The molecule has 1 N–H and O–H groups in total. The predicted molar refractivity (Wildman–Crippen MR) is 97.1 cm³/mol. The molecule has 0 aliphatic rings. The summed E-state index contributed by atoms with van der Waals surface area (Å²) < 4.78 is 6.89. The molecule has 0 spiro atoms. The van der Waals surface area contributed by atoms with Crippen LogP contribution in [0, 0.1) is 0 Å². The van der Waals surface area contributed by atoms with E-state index in [1.165, 1.54) is 11.3 Å². The Hall–Kier alpha value is -2.24. The normalized spacial score (nSPS) is 11.2. The van der Waals surface area contributed by atoms with E-state index in [0.717, 1.165) is 23.1 Å². The van der Waals surface area contributed by atoms with Crippen molar-refractivity contribution in [3.8, 4) is 0 Å². The molecule has 1 aromatic heterocycles. The van der Waals surface area contributed by atoms with Crippen molar-refractivity contribution in [2.45, 2.75) is 26.4 Å². The third-order valence-electron chi connectivity index (χ3n) is 3.88. The van der Waals surface area contributed by atoms with E-state index in [1.54, 1.807) is 18.2 Å². The van der Waals surface area contributed by atoms with E-state index in [0.29, 0.717) is 28.7 Å². The minimum Gasteiger partial charge on any atom is -0.478 e. The SMILES string of the molecule is CCCCOCc1cc(C(=O)O)c2sc3ccccc3c(=O)c2c1. The smallest absolute Gasteiger partial charge is 0.337 e. The van der Waals surface area contributed by atoms with E-state index in [9.17, 15) is 14.7 Å². The van der Waals surface area contributed by atoms with Crippen molar-refractivity contribution in [3.05, 3.63) is 57.7 Å². The van der Waals surface area contributed by atoms with Gasteiger partial charge in [0, 0.05) is 22.1 Å². The molecule has 5 heteroatoms. The molecule has 0 atom stereocenters. The summed E-state index contributed by atoms with van der Waals surface area (Å²) in [6.45, 7) is 3.02. The van der Waals surface area contributed by atoms with Crippen molar-refractivity contribution in [2.24, 2.45) is 0 Å². The molecular weight excluding hydrogens is 324 g/mol. The predicted octanol–water partition coefficient (Wildman–Crippen LogP) is 4.43. The van der Waals surface area contributed by atoms with Crippen LogP contribution in [0.5, 0.6) is 0 Å². The van der Waals surface area contributed by atoms with Gasteiger partial charge < -0.3 is 9.84 Å². The zero-order valence-corrected chi connectivity index (χ0v) is 14.2. The number of unbranched alkanes of at least 4 members (excludes halogenated alkanes) is 1. The van der Waals surface area contributed by atoms with Gasteiger partial charge >= 0.3 is 5.97 Å². The minimum atomic E-state index is -1.03. The molecule has 0 saturated carbocycles. The number of ether oxygens (including phenoxy) is 1. The Morgan fingerprint density at radius 3 is 2.75 bits per heavy atom. The molecule has 0 radical (unpaired) electrons. The van der Waals surface area contributed by atoms with Crippen LogP contribution in [-0.2, 0) is 11.3 Å². The Morgan fingerprint density at radius 1 is 1.21 bits per heavy atom. The Bertz CT molecular complexity index is 959. The monoisotopic (exact) mass is 342 g/mol. The van der Waals surface area contributed by atoms with Crippen LogP contribution < -0.4 is 5.43 Å². The lowest BCUT2D eigenvalue weighted by molar-refractivity contribution is 0.0698. The van der Waals surface area contributed by atoms with Crippen molar-refractivity contribution in [3.63, 3.8) is 0 Å². The van der Waals surface area contributed by atoms with Crippen LogP contribution in [0.15, 0.2) is 41.2 Å². The minimum absolute atomic E-state index is 0.128. The molecule has 2 aromatic carbocycles. The first-order valence-electron chi connectivity index (χ1n) is 7.91. The first kappa shape index (κ1) is 16.6. The zero-order valence-electron chi connectivity index (χ0n) is 13.4. The molecule has 3 rings (SSSR count). The van der Waals surface area contributed by atoms with E-state index in [2.05, 4.69) is 6.92 Å². The summed E-state index contributed by atoms with van der Waals surface area (Å²) in [6.07, 6.45) is 2.00. The van der Waals surface area contributed by atoms with Gasteiger partial charge in [0.2, 0.25) is 0 Å². The molecule has 0 fully saturated rings.